The van der Waals surface area contributed by atoms with Crippen LogP contribution < -0.4 is 0 Å². The van der Waals surface area contributed by atoms with Crippen molar-refractivity contribution in [2.75, 3.05) is 0 Å². The third-order valence-electron chi connectivity index (χ3n) is 10.8. The molecule has 8 atom stereocenters. The molecule has 2 nitrogen and oxygen atoms in total. The van der Waals surface area contributed by atoms with Gasteiger partial charge in [-0.15, -0.1) is 0 Å². The molecule has 32 heavy (non-hydrogen) atoms. The first-order valence-corrected chi connectivity index (χ1v) is 14.1. The molecular weight excluding hydrogens is 392 g/mol. The van der Waals surface area contributed by atoms with Gasteiger partial charge in [-0.05, 0) is 91.3 Å². The lowest BCUT2D eigenvalue weighted by atomic mass is 9.47. The van der Waals surface area contributed by atoms with Crippen LogP contribution in [0, 0.1) is 46.3 Å². The Hall–Kier alpha value is -0.790. The maximum absolute atomic E-state index is 11.9. The van der Waals surface area contributed by atoms with Crippen molar-refractivity contribution in [3.8, 4) is 0 Å². The second kappa shape index (κ2) is 9.46. The quantitative estimate of drug-likeness (QED) is 0.292. The van der Waals surface area contributed by atoms with E-state index in [1.807, 2.05) is 6.92 Å². The summed E-state index contributed by atoms with van der Waals surface area (Å²) < 4.78 is 5.76. The van der Waals surface area contributed by atoms with Crippen LogP contribution in [0.15, 0.2) is 11.6 Å². The largest absolute Gasteiger partial charge is 0.462 e. The third-order valence-corrected chi connectivity index (χ3v) is 10.8. The fourth-order valence-corrected chi connectivity index (χ4v) is 9.02. The Balaban J connectivity index is 1.45. The van der Waals surface area contributed by atoms with Crippen molar-refractivity contribution in [1.82, 2.24) is 0 Å². The Bertz CT molecular complexity index is 708. The standard InChI is InChI=1S/C30H50O2/c1-7-28(31)32-23-15-17-29(5)22(19-23)11-12-24-26-14-13-25(21(4)10-8-9-20(2)3)30(26,6)18-16-27(24)29/h11,20-21,23-27H,7-10,12-19H2,1-6H3/t21?,23-,24?,25+,26-,27-,29?,30?/m0/s1. The summed E-state index contributed by atoms with van der Waals surface area (Å²) in [5, 5.41) is 0. The second-order valence-corrected chi connectivity index (χ2v) is 13.0. The minimum absolute atomic E-state index is 0.0270. The van der Waals surface area contributed by atoms with E-state index in [9.17, 15) is 4.79 Å². The van der Waals surface area contributed by atoms with Crippen molar-refractivity contribution in [1.29, 1.82) is 0 Å². The molecule has 4 unspecified atom stereocenters. The van der Waals surface area contributed by atoms with Gasteiger partial charge in [0.15, 0.2) is 0 Å². The molecule has 0 N–H and O–H groups in total. The lowest BCUT2D eigenvalue weighted by Gasteiger charge is -2.58. The molecule has 0 amide bonds. The molecule has 182 valence electrons. The normalized spacial score (nSPS) is 42.0. The summed E-state index contributed by atoms with van der Waals surface area (Å²) in [6, 6.07) is 0. The fraction of sp³-hybridized carbons (Fsp3) is 0.900. The SMILES string of the molecule is CCC(=O)O[C@H]1CCC2(C)C(=CCC3[C@@H]2CCC2(C)[C@@H](C(C)CCCC(C)C)CC[C@@H]32)C1. The van der Waals surface area contributed by atoms with E-state index in [4.69, 9.17) is 4.74 Å². The zero-order valence-corrected chi connectivity index (χ0v) is 21.9. The van der Waals surface area contributed by atoms with Crippen molar-refractivity contribution in [3.63, 3.8) is 0 Å². The Labute approximate surface area is 198 Å². The monoisotopic (exact) mass is 442 g/mol. The van der Waals surface area contributed by atoms with Gasteiger partial charge in [-0.25, -0.2) is 0 Å². The van der Waals surface area contributed by atoms with Gasteiger partial charge in [0.25, 0.3) is 0 Å². The van der Waals surface area contributed by atoms with Crippen LogP contribution >= 0.6 is 0 Å². The van der Waals surface area contributed by atoms with E-state index in [0.29, 0.717) is 17.3 Å². The van der Waals surface area contributed by atoms with Crippen molar-refractivity contribution in [2.45, 2.75) is 125 Å². The lowest BCUT2D eigenvalue weighted by molar-refractivity contribution is -0.151. The van der Waals surface area contributed by atoms with Gasteiger partial charge >= 0.3 is 5.97 Å². The Kier molecular flexibility index (Phi) is 7.19. The number of ether oxygens (including phenoxy) is 1. The number of carbonyl (C=O) groups is 1. The Morgan fingerprint density at radius 1 is 1.06 bits per heavy atom. The van der Waals surface area contributed by atoms with Crippen LogP contribution in [0.3, 0.4) is 0 Å². The van der Waals surface area contributed by atoms with Gasteiger partial charge in [-0.3, -0.25) is 4.79 Å². The molecule has 0 aromatic carbocycles. The number of fused-ring (bicyclic) bond motifs is 5. The summed E-state index contributed by atoms with van der Waals surface area (Å²) in [6.45, 7) is 14.5. The maximum Gasteiger partial charge on any atom is 0.305 e. The molecule has 0 bridgehead atoms. The van der Waals surface area contributed by atoms with Crippen LogP contribution in [-0.4, -0.2) is 12.1 Å². The predicted octanol–water partition coefficient (Wildman–Crippen LogP) is 8.35. The first-order chi connectivity index (χ1) is 15.2. The van der Waals surface area contributed by atoms with Crippen LogP contribution in [0.4, 0.5) is 0 Å². The molecule has 2 heteroatoms. The van der Waals surface area contributed by atoms with Crippen molar-refractivity contribution in [3.05, 3.63) is 11.6 Å². The first-order valence-electron chi connectivity index (χ1n) is 14.1. The summed E-state index contributed by atoms with van der Waals surface area (Å²) in [7, 11) is 0. The molecule has 0 saturated heterocycles. The molecule has 0 aliphatic heterocycles. The van der Waals surface area contributed by atoms with Crippen molar-refractivity contribution < 1.29 is 9.53 Å². The minimum Gasteiger partial charge on any atom is -0.462 e. The van der Waals surface area contributed by atoms with Crippen molar-refractivity contribution in [2.24, 2.45) is 46.3 Å². The van der Waals surface area contributed by atoms with E-state index < -0.39 is 0 Å². The highest BCUT2D eigenvalue weighted by atomic mass is 16.5. The van der Waals surface area contributed by atoms with Gasteiger partial charge in [0.1, 0.15) is 6.10 Å². The summed E-state index contributed by atoms with van der Waals surface area (Å²) in [5.74, 6) is 5.28. The molecule has 4 aliphatic carbocycles. The van der Waals surface area contributed by atoms with E-state index in [1.165, 1.54) is 57.8 Å². The van der Waals surface area contributed by atoms with Gasteiger partial charge in [0.05, 0.1) is 0 Å². The van der Waals surface area contributed by atoms with E-state index in [0.717, 1.165) is 48.3 Å². The number of esters is 1. The van der Waals surface area contributed by atoms with Crippen molar-refractivity contribution >= 4 is 5.97 Å². The highest BCUT2D eigenvalue weighted by Gasteiger charge is 2.59. The molecule has 0 radical (unpaired) electrons. The molecular formula is C30H50O2. The zero-order chi connectivity index (χ0) is 23.1. The smallest absolute Gasteiger partial charge is 0.305 e. The number of allylic oxidation sites excluding steroid dienone is 1. The average molecular weight is 443 g/mol. The zero-order valence-electron chi connectivity index (χ0n) is 21.9. The highest BCUT2D eigenvalue weighted by molar-refractivity contribution is 5.69. The van der Waals surface area contributed by atoms with Crippen LogP contribution in [0.2, 0.25) is 0 Å². The summed E-state index contributed by atoms with van der Waals surface area (Å²) in [5.41, 5.74) is 2.54. The number of hydrogen-bond acceptors (Lipinski definition) is 2. The average Bonchev–Trinajstić information content (AvgIpc) is 3.11. The van der Waals surface area contributed by atoms with Gasteiger partial charge in [0.2, 0.25) is 0 Å². The summed E-state index contributed by atoms with van der Waals surface area (Å²) in [6.07, 6.45) is 17.8. The first kappa shape index (κ1) is 24.3. The van der Waals surface area contributed by atoms with Gasteiger partial charge in [-0.2, -0.15) is 0 Å². The van der Waals surface area contributed by atoms with E-state index >= 15 is 0 Å². The molecule has 0 aromatic rings. The van der Waals surface area contributed by atoms with E-state index in [2.05, 4.69) is 40.7 Å². The van der Waals surface area contributed by atoms with Crippen LogP contribution in [0.1, 0.15) is 119 Å². The predicted molar refractivity (Wildman–Crippen MR) is 133 cm³/mol. The third kappa shape index (κ3) is 4.34. The molecule has 0 spiro atoms. The maximum atomic E-state index is 11.9. The van der Waals surface area contributed by atoms with Crippen LogP contribution in [0.25, 0.3) is 0 Å². The van der Waals surface area contributed by atoms with Gasteiger partial charge in [0, 0.05) is 12.8 Å². The highest BCUT2D eigenvalue weighted by Crippen LogP contribution is 2.67. The van der Waals surface area contributed by atoms with Crippen LogP contribution in [-0.2, 0) is 9.53 Å². The Morgan fingerprint density at radius 2 is 1.84 bits per heavy atom. The van der Waals surface area contributed by atoms with Crippen LogP contribution in [0.5, 0.6) is 0 Å². The molecule has 4 aliphatic rings. The molecule has 4 rings (SSSR count). The Morgan fingerprint density at radius 3 is 2.56 bits per heavy atom. The number of carbonyl (C=O) groups excluding carboxylic acids is 1. The summed E-state index contributed by atoms with van der Waals surface area (Å²) in [4.78, 5) is 11.9. The molecule has 0 aromatic heterocycles. The minimum atomic E-state index is -0.0270. The number of hydrogen-bond donors (Lipinski definition) is 0. The second-order valence-electron chi connectivity index (χ2n) is 13.0. The van der Waals surface area contributed by atoms with Gasteiger partial charge < -0.3 is 4.74 Å². The lowest BCUT2D eigenvalue weighted by Crippen LogP contribution is -2.51. The van der Waals surface area contributed by atoms with E-state index in [-0.39, 0.29) is 12.1 Å². The molecule has 3 fully saturated rings. The molecule has 0 heterocycles. The topological polar surface area (TPSA) is 26.3 Å². The summed E-state index contributed by atoms with van der Waals surface area (Å²) >= 11 is 0. The fourth-order valence-electron chi connectivity index (χ4n) is 9.02. The number of rotatable bonds is 7. The van der Waals surface area contributed by atoms with E-state index in [1.54, 1.807) is 5.57 Å². The molecule has 3 saturated carbocycles. The van der Waals surface area contributed by atoms with Gasteiger partial charge in [-0.1, -0.05) is 72.5 Å².